The van der Waals surface area contributed by atoms with Crippen molar-refractivity contribution < 1.29 is 14.6 Å². The molecule has 0 aliphatic carbocycles. The van der Waals surface area contributed by atoms with Crippen molar-refractivity contribution in [2.24, 2.45) is 12.0 Å². The molecule has 0 amide bonds. The predicted molar refractivity (Wildman–Crippen MR) is 112 cm³/mol. The van der Waals surface area contributed by atoms with Crippen molar-refractivity contribution in [1.82, 2.24) is 9.47 Å². The summed E-state index contributed by atoms with van der Waals surface area (Å²) >= 11 is 0. The lowest BCUT2D eigenvalue weighted by molar-refractivity contribution is 0.174. The first-order valence-corrected chi connectivity index (χ1v) is 9.55. The van der Waals surface area contributed by atoms with E-state index >= 15 is 0 Å². The van der Waals surface area contributed by atoms with Gasteiger partial charge in [0.05, 0.1) is 17.3 Å². The van der Waals surface area contributed by atoms with Gasteiger partial charge in [0.25, 0.3) is 5.56 Å². The van der Waals surface area contributed by atoms with Crippen LogP contribution in [0.2, 0.25) is 0 Å². The van der Waals surface area contributed by atoms with Crippen molar-refractivity contribution in [1.29, 1.82) is 10.7 Å². The molecule has 0 spiro atoms. The number of fused-ring (bicyclic) bond motifs is 2. The van der Waals surface area contributed by atoms with Crippen LogP contribution in [-0.2, 0) is 7.05 Å². The summed E-state index contributed by atoms with van der Waals surface area (Å²) in [6.07, 6.45) is 2.15. The highest BCUT2D eigenvalue weighted by Gasteiger charge is 2.33. The molecule has 0 bridgehead atoms. The standard InChI is InChI=1S/C22H17N5O4/c1-26-15-5-3-2-4-13(15)20(28)19(21(26)29)14-9-16(27(10-23)22(24)25-14)12-6-7-17-18(8-12)31-11-30-17/h2-8,16,24,28H,9,11H2,1H3/t16-/m1/s1. The number of nitrogens with one attached hydrogen (secondary N) is 1. The van der Waals surface area contributed by atoms with Crippen LogP contribution in [-0.4, -0.2) is 33.0 Å². The van der Waals surface area contributed by atoms with Gasteiger partial charge in [0.2, 0.25) is 12.8 Å². The third-order valence-electron chi connectivity index (χ3n) is 5.62. The van der Waals surface area contributed by atoms with Gasteiger partial charge in [0, 0.05) is 18.9 Å². The van der Waals surface area contributed by atoms with E-state index in [2.05, 4.69) is 4.99 Å². The van der Waals surface area contributed by atoms with Crippen LogP contribution < -0.4 is 15.0 Å². The first kappa shape index (κ1) is 18.7. The smallest absolute Gasteiger partial charge is 0.263 e. The van der Waals surface area contributed by atoms with Gasteiger partial charge in [0.15, 0.2) is 17.7 Å². The van der Waals surface area contributed by atoms with Gasteiger partial charge in [-0.15, -0.1) is 0 Å². The van der Waals surface area contributed by atoms with Crippen LogP contribution in [0.3, 0.4) is 0 Å². The summed E-state index contributed by atoms with van der Waals surface area (Å²) in [4.78, 5) is 18.5. The molecule has 2 aliphatic rings. The van der Waals surface area contributed by atoms with Crippen LogP contribution in [0.25, 0.3) is 10.9 Å². The van der Waals surface area contributed by atoms with Gasteiger partial charge < -0.3 is 19.1 Å². The third kappa shape index (κ3) is 2.80. The Morgan fingerprint density at radius 2 is 2.00 bits per heavy atom. The molecule has 2 aliphatic heterocycles. The fraction of sp³-hybridized carbons (Fsp3) is 0.182. The second kappa shape index (κ2) is 6.88. The number of pyridine rings is 1. The number of rotatable bonds is 2. The number of ether oxygens (including phenoxy) is 2. The number of aliphatic imine (C=N–C) groups is 1. The van der Waals surface area contributed by atoms with E-state index in [1.165, 1.54) is 9.47 Å². The molecule has 154 valence electrons. The molecule has 9 heteroatoms. The summed E-state index contributed by atoms with van der Waals surface area (Å²) in [5.74, 6) is 0.671. The van der Waals surface area contributed by atoms with E-state index in [0.717, 1.165) is 0 Å². The normalized spacial score (nSPS) is 17.5. The van der Waals surface area contributed by atoms with Crippen LogP contribution in [0.15, 0.2) is 52.3 Å². The minimum atomic E-state index is -0.588. The van der Waals surface area contributed by atoms with Gasteiger partial charge in [0.1, 0.15) is 11.3 Å². The molecule has 5 rings (SSSR count). The first-order chi connectivity index (χ1) is 15.0. The summed E-state index contributed by atoms with van der Waals surface area (Å²) in [5, 5.41) is 29.3. The molecule has 1 aromatic heterocycles. The molecule has 3 aromatic rings. The van der Waals surface area contributed by atoms with Crippen LogP contribution in [0, 0.1) is 16.9 Å². The molecule has 0 fully saturated rings. The summed E-state index contributed by atoms with van der Waals surface area (Å²) in [6, 6.07) is 11.7. The fourth-order valence-electron chi connectivity index (χ4n) is 4.05. The largest absolute Gasteiger partial charge is 0.506 e. The number of para-hydroxylation sites is 1. The van der Waals surface area contributed by atoms with Crippen molar-refractivity contribution in [3.63, 3.8) is 0 Å². The maximum absolute atomic E-state index is 13.1. The first-order valence-electron chi connectivity index (χ1n) is 9.55. The highest BCUT2D eigenvalue weighted by Crippen LogP contribution is 2.38. The molecular formula is C22H17N5O4. The van der Waals surface area contributed by atoms with E-state index in [9.17, 15) is 15.2 Å². The van der Waals surface area contributed by atoms with E-state index in [4.69, 9.17) is 14.9 Å². The topological polar surface area (TPSA) is 124 Å². The lowest BCUT2D eigenvalue weighted by Gasteiger charge is -2.30. The van der Waals surface area contributed by atoms with Crippen molar-refractivity contribution in [2.75, 3.05) is 6.79 Å². The van der Waals surface area contributed by atoms with Crippen LogP contribution in [0.4, 0.5) is 0 Å². The van der Waals surface area contributed by atoms with Crippen molar-refractivity contribution >= 4 is 22.6 Å². The Hall–Kier alpha value is -4.32. The van der Waals surface area contributed by atoms with Gasteiger partial charge in [-0.3, -0.25) is 10.2 Å². The number of nitriles is 1. The zero-order chi connectivity index (χ0) is 21.7. The molecule has 3 heterocycles. The second-order valence-electron chi connectivity index (χ2n) is 7.29. The van der Waals surface area contributed by atoms with Gasteiger partial charge >= 0.3 is 0 Å². The van der Waals surface area contributed by atoms with Crippen LogP contribution in [0.1, 0.15) is 23.6 Å². The average molecular weight is 415 g/mol. The Kier molecular flexibility index (Phi) is 4.15. The minimum absolute atomic E-state index is 0.0364. The summed E-state index contributed by atoms with van der Waals surface area (Å²) in [7, 11) is 1.62. The molecule has 0 saturated heterocycles. The lowest BCUT2D eigenvalue weighted by atomic mass is 9.93. The van der Waals surface area contributed by atoms with Crippen LogP contribution >= 0.6 is 0 Å². The Bertz CT molecular complexity index is 1390. The molecule has 31 heavy (non-hydrogen) atoms. The third-order valence-corrected chi connectivity index (χ3v) is 5.62. The Morgan fingerprint density at radius 1 is 1.23 bits per heavy atom. The summed E-state index contributed by atoms with van der Waals surface area (Å²) < 4.78 is 12.2. The predicted octanol–water partition coefficient (Wildman–Crippen LogP) is 2.62. The van der Waals surface area contributed by atoms with E-state index in [1.807, 2.05) is 6.19 Å². The van der Waals surface area contributed by atoms with E-state index < -0.39 is 11.6 Å². The number of benzene rings is 2. The molecule has 1 atom stereocenters. The quantitative estimate of drug-likeness (QED) is 0.620. The van der Waals surface area contributed by atoms with Gasteiger partial charge in [-0.05, 0) is 29.8 Å². The van der Waals surface area contributed by atoms with E-state index in [0.29, 0.717) is 28.0 Å². The average Bonchev–Trinajstić information content (AvgIpc) is 3.25. The number of aromatic nitrogens is 1. The zero-order valence-corrected chi connectivity index (χ0v) is 16.5. The molecule has 2 aromatic carbocycles. The molecule has 2 N–H and O–H groups in total. The number of nitrogens with zero attached hydrogens (tertiary/aromatic N) is 4. The van der Waals surface area contributed by atoms with E-state index in [-0.39, 0.29) is 36.2 Å². The number of hydrogen-bond donors (Lipinski definition) is 2. The molecule has 0 radical (unpaired) electrons. The highest BCUT2D eigenvalue weighted by molar-refractivity contribution is 6.12. The lowest BCUT2D eigenvalue weighted by Crippen LogP contribution is -2.37. The van der Waals surface area contributed by atoms with E-state index in [1.54, 1.807) is 49.5 Å². The number of hydrogen-bond acceptors (Lipinski definition) is 6. The van der Waals surface area contributed by atoms with Gasteiger partial charge in [-0.1, -0.05) is 18.2 Å². The monoisotopic (exact) mass is 415 g/mol. The molecule has 0 saturated carbocycles. The molecule has 0 unspecified atom stereocenters. The maximum atomic E-state index is 13.1. The van der Waals surface area contributed by atoms with Gasteiger partial charge in [-0.2, -0.15) is 5.26 Å². The molecule has 9 nitrogen and oxygen atoms in total. The fourth-order valence-corrected chi connectivity index (χ4v) is 4.05. The SMILES string of the molecule is Cn1c(=O)c(C2=NC(=N)N(C#N)[C@@H](c3ccc4c(c3)OCO4)C2)c(O)c2ccccc21. The Balaban J connectivity index is 1.65. The Labute approximate surface area is 176 Å². The van der Waals surface area contributed by atoms with Crippen molar-refractivity contribution in [3.05, 3.63) is 63.9 Å². The van der Waals surface area contributed by atoms with Crippen molar-refractivity contribution in [3.8, 4) is 23.4 Å². The number of aromatic hydroxyl groups is 1. The van der Waals surface area contributed by atoms with Crippen LogP contribution in [0.5, 0.6) is 17.2 Å². The minimum Gasteiger partial charge on any atom is -0.506 e. The highest BCUT2D eigenvalue weighted by atomic mass is 16.7. The zero-order valence-electron chi connectivity index (χ0n) is 16.5. The Morgan fingerprint density at radius 3 is 2.81 bits per heavy atom. The number of aryl methyl sites for hydroxylation is 1. The molecular weight excluding hydrogens is 398 g/mol. The summed E-state index contributed by atoms with van der Waals surface area (Å²) in [6.45, 7) is 0.120. The van der Waals surface area contributed by atoms with Gasteiger partial charge in [-0.25, -0.2) is 9.89 Å². The number of guanidine groups is 1. The van der Waals surface area contributed by atoms with Crippen molar-refractivity contribution in [2.45, 2.75) is 12.5 Å². The maximum Gasteiger partial charge on any atom is 0.263 e. The second-order valence-corrected chi connectivity index (χ2v) is 7.29. The summed E-state index contributed by atoms with van der Waals surface area (Å²) in [5.41, 5.74) is 1.17.